The van der Waals surface area contributed by atoms with Crippen LogP contribution < -0.4 is 10.6 Å². The van der Waals surface area contributed by atoms with Crippen molar-refractivity contribution in [3.8, 4) is 0 Å². The van der Waals surface area contributed by atoms with Crippen LogP contribution in [0, 0.1) is 0 Å². The number of halogens is 1. The molecule has 1 aromatic carbocycles. The second-order valence-corrected chi connectivity index (χ2v) is 5.34. The molecule has 0 saturated heterocycles. The second kappa shape index (κ2) is 11.0. The molecule has 0 spiro atoms. The minimum absolute atomic E-state index is 0. The second-order valence-electron chi connectivity index (χ2n) is 5.34. The Balaban J connectivity index is 0.00000288. The lowest BCUT2D eigenvalue weighted by Gasteiger charge is -2.11. The average molecular weight is 442 g/mol. The van der Waals surface area contributed by atoms with Crippen molar-refractivity contribution in [2.45, 2.75) is 33.2 Å². The van der Waals surface area contributed by atoms with Gasteiger partial charge in [0.2, 0.25) is 0 Å². The van der Waals surface area contributed by atoms with Crippen molar-refractivity contribution in [2.24, 2.45) is 12.0 Å². The van der Waals surface area contributed by atoms with Gasteiger partial charge in [-0.15, -0.1) is 24.0 Å². The van der Waals surface area contributed by atoms with Crippen LogP contribution in [0.3, 0.4) is 0 Å². The van der Waals surface area contributed by atoms with Crippen LogP contribution in [0.25, 0.3) is 0 Å². The maximum absolute atomic E-state index is 4.55. The van der Waals surface area contributed by atoms with E-state index in [0.29, 0.717) is 6.54 Å². The molecule has 0 aliphatic carbocycles. The summed E-state index contributed by atoms with van der Waals surface area (Å²) >= 11 is 0. The number of hydrogen-bond acceptors (Lipinski definition) is 3. The Labute approximate surface area is 161 Å². The minimum Gasteiger partial charge on any atom is -0.357 e. The Morgan fingerprint density at radius 2 is 1.83 bits per heavy atom. The summed E-state index contributed by atoms with van der Waals surface area (Å²) in [6.07, 6.45) is 3.60. The van der Waals surface area contributed by atoms with Crippen LogP contribution in [0.15, 0.2) is 35.6 Å². The Morgan fingerprint density at radius 1 is 1.12 bits per heavy atom. The summed E-state index contributed by atoms with van der Waals surface area (Å²) in [4.78, 5) is 8.73. The first-order valence-electron chi connectivity index (χ1n) is 8.15. The third kappa shape index (κ3) is 6.46. The van der Waals surface area contributed by atoms with Gasteiger partial charge >= 0.3 is 0 Å². The summed E-state index contributed by atoms with van der Waals surface area (Å²) in [5.41, 5.74) is 2.71. The predicted molar refractivity (Wildman–Crippen MR) is 109 cm³/mol. The normalized spacial score (nSPS) is 11.0. The third-order valence-corrected chi connectivity index (χ3v) is 3.67. The SMILES string of the molecule is CCNC(=NCc1ncnn1C)NCCc1ccc(CC)cc1.I. The number of hydrogen-bond donors (Lipinski definition) is 2. The fourth-order valence-electron chi connectivity index (χ4n) is 2.22. The summed E-state index contributed by atoms with van der Waals surface area (Å²) < 4.78 is 1.74. The molecule has 0 radical (unpaired) electrons. The molecular formula is C17H27IN6. The fourth-order valence-corrected chi connectivity index (χ4v) is 2.22. The van der Waals surface area contributed by atoms with Gasteiger partial charge < -0.3 is 10.6 Å². The van der Waals surface area contributed by atoms with E-state index in [1.807, 2.05) is 7.05 Å². The highest BCUT2D eigenvalue weighted by molar-refractivity contribution is 14.0. The van der Waals surface area contributed by atoms with E-state index in [1.165, 1.54) is 11.1 Å². The Hall–Kier alpha value is -1.64. The van der Waals surface area contributed by atoms with Gasteiger partial charge in [-0.2, -0.15) is 5.10 Å². The maximum atomic E-state index is 4.55. The van der Waals surface area contributed by atoms with E-state index in [-0.39, 0.29) is 24.0 Å². The van der Waals surface area contributed by atoms with Crippen molar-refractivity contribution in [1.82, 2.24) is 25.4 Å². The van der Waals surface area contributed by atoms with E-state index in [1.54, 1.807) is 11.0 Å². The molecule has 132 valence electrons. The van der Waals surface area contributed by atoms with E-state index in [4.69, 9.17) is 0 Å². The van der Waals surface area contributed by atoms with Crippen LogP contribution in [-0.2, 0) is 26.4 Å². The van der Waals surface area contributed by atoms with Gasteiger partial charge in [0, 0.05) is 20.1 Å². The van der Waals surface area contributed by atoms with E-state index >= 15 is 0 Å². The first-order valence-corrected chi connectivity index (χ1v) is 8.15. The van der Waals surface area contributed by atoms with Gasteiger partial charge in [0.25, 0.3) is 0 Å². The molecule has 0 unspecified atom stereocenters. The molecule has 0 bridgehead atoms. The number of nitrogens with one attached hydrogen (secondary N) is 2. The molecule has 0 aliphatic heterocycles. The zero-order valence-corrected chi connectivity index (χ0v) is 16.9. The summed E-state index contributed by atoms with van der Waals surface area (Å²) in [6, 6.07) is 8.79. The molecule has 7 heteroatoms. The maximum Gasteiger partial charge on any atom is 0.191 e. The van der Waals surface area contributed by atoms with E-state index in [0.717, 1.165) is 37.7 Å². The first-order chi connectivity index (χ1) is 11.2. The highest BCUT2D eigenvalue weighted by Gasteiger charge is 2.01. The minimum atomic E-state index is 0. The highest BCUT2D eigenvalue weighted by Crippen LogP contribution is 2.05. The Bertz CT molecular complexity index is 620. The predicted octanol–water partition coefficient (Wildman–Crippen LogP) is 2.29. The Kier molecular flexibility index (Phi) is 9.36. The zero-order valence-electron chi connectivity index (χ0n) is 14.6. The van der Waals surface area contributed by atoms with Crippen molar-refractivity contribution < 1.29 is 0 Å². The van der Waals surface area contributed by atoms with Crippen molar-refractivity contribution in [3.63, 3.8) is 0 Å². The van der Waals surface area contributed by atoms with Crippen LogP contribution in [0.5, 0.6) is 0 Å². The molecule has 0 amide bonds. The van der Waals surface area contributed by atoms with Gasteiger partial charge in [-0.3, -0.25) is 4.68 Å². The van der Waals surface area contributed by atoms with Crippen LogP contribution in [0.4, 0.5) is 0 Å². The van der Waals surface area contributed by atoms with Crippen molar-refractivity contribution in [3.05, 3.63) is 47.5 Å². The lowest BCUT2D eigenvalue weighted by molar-refractivity contribution is 0.697. The molecule has 2 aromatic rings. The lowest BCUT2D eigenvalue weighted by Crippen LogP contribution is -2.38. The highest BCUT2D eigenvalue weighted by atomic mass is 127. The van der Waals surface area contributed by atoms with Crippen LogP contribution in [0.2, 0.25) is 0 Å². The van der Waals surface area contributed by atoms with Gasteiger partial charge in [0.1, 0.15) is 18.7 Å². The number of guanidine groups is 1. The van der Waals surface area contributed by atoms with Gasteiger partial charge in [-0.05, 0) is 30.9 Å². The van der Waals surface area contributed by atoms with Crippen molar-refractivity contribution >= 4 is 29.9 Å². The first kappa shape index (κ1) is 20.4. The number of rotatable bonds is 7. The molecule has 0 fully saturated rings. The number of nitrogens with zero attached hydrogens (tertiary/aromatic N) is 4. The van der Waals surface area contributed by atoms with Gasteiger partial charge in [0.15, 0.2) is 5.96 Å². The summed E-state index contributed by atoms with van der Waals surface area (Å²) in [5.74, 6) is 1.65. The van der Waals surface area contributed by atoms with Crippen LogP contribution >= 0.6 is 24.0 Å². The summed E-state index contributed by atoms with van der Waals surface area (Å²) in [5, 5.41) is 10.7. The lowest BCUT2D eigenvalue weighted by atomic mass is 10.1. The monoisotopic (exact) mass is 442 g/mol. The number of aromatic nitrogens is 3. The van der Waals surface area contributed by atoms with Crippen LogP contribution in [-0.4, -0.2) is 33.8 Å². The summed E-state index contributed by atoms with van der Waals surface area (Å²) in [7, 11) is 1.87. The quantitative estimate of drug-likeness (QED) is 0.393. The fraction of sp³-hybridized carbons (Fsp3) is 0.471. The molecule has 0 atom stereocenters. The molecule has 6 nitrogen and oxygen atoms in total. The molecular weight excluding hydrogens is 415 g/mol. The number of aryl methyl sites for hydroxylation is 2. The standard InChI is InChI=1S/C17H26N6.HI/c1-4-14-6-8-15(9-7-14)10-11-19-17(18-5-2)20-12-16-21-13-22-23(16)3;/h6-9,13H,4-5,10-12H2,1-3H3,(H2,18,19,20);1H. The van der Waals surface area contributed by atoms with Gasteiger partial charge in [-0.1, -0.05) is 31.2 Å². The van der Waals surface area contributed by atoms with Crippen molar-refractivity contribution in [2.75, 3.05) is 13.1 Å². The largest absolute Gasteiger partial charge is 0.357 e. The van der Waals surface area contributed by atoms with E-state index < -0.39 is 0 Å². The molecule has 1 aromatic heterocycles. The topological polar surface area (TPSA) is 67.1 Å². The molecule has 0 saturated carbocycles. The van der Waals surface area contributed by atoms with Crippen molar-refractivity contribution in [1.29, 1.82) is 0 Å². The Morgan fingerprint density at radius 3 is 2.42 bits per heavy atom. The van der Waals surface area contributed by atoms with E-state index in [9.17, 15) is 0 Å². The molecule has 2 N–H and O–H groups in total. The smallest absolute Gasteiger partial charge is 0.191 e. The zero-order chi connectivity index (χ0) is 16.5. The molecule has 2 rings (SSSR count). The molecule has 0 aliphatic rings. The number of aliphatic imine (C=N–C) groups is 1. The molecule has 24 heavy (non-hydrogen) atoms. The summed E-state index contributed by atoms with van der Waals surface area (Å²) in [6.45, 7) is 6.42. The van der Waals surface area contributed by atoms with Crippen LogP contribution in [0.1, 0.15) is 30.8 Å². The van der Waals surface area contributed by atoms with E-state index in [2.05, 4.69) is 63.8 Å². The number of benzene rings is 1. The van der Waals surface area contributed by atoms with Gasteiger partial charge in [0.05, 0.1) is 0 Å². The molecule has 1 heterocycles. The average Bonchev–Trinajstić information content (AvgIpc) is 2.98. The van der Waals surface area contributed by atoms with Gasteiger partial charge in [-0.25, -0.2) is 9.98 Å². The third-order valence-electron chi connectivity index (χ3n) is 3.67.